The molecule has 0 spiro atoms. The fourth-order valence-electron chi connectivity index (χ4n) is 2.90. The van der Waals surface area contributed by atoms with Gasteiger partial charge in [-0.05, 0) is 49.4 Å². The van der Waals surface area contributed by atoms with Crippen molar-refractivity contribution in [2.45, 2.75) is 30.6 Å². The Kier molecular flexibility index (Phi) is 3.64. The Morgan fingerprint density at radius 3 is 2.58 bits per heavy atom. The van der Waals surface area contributed by atoms with Crippen molar-refractivity contribution >= 4 is 33.4 Å². The molecule has 104 valence electrons. The van der Waals surface area contributed by atoms with Crippen molar-refractivity contribution in [3.8, 4) is 0 Å². The van der Waals surface area contributed by atoms with Crippen molar-refractivity contribution in [3.63, 3.8) is 0 Å². The average Bonchev–Trinajstić information content (AvgIpc) is 2.63. The van der Waals surface area contributed by atoms with Gasteiger partial charge in [0.2, 0.25) is 0 Å². The van der Waals surface area contributed by atoms with E-state index in [4.69, 9.17) is 4.55 Å². The molecule has 0 atom stereocenters. The Balaban J connectivity index is 0.00000133. The molecular formula is C13H16ClNO3S. The molecule has 0 amide bonds. The molecule has 1 heterocycles. The minimum atomic E-state index is -4.12. The Labute approximate surface area is 118 Å². The molecule has 6 heteroatoms. The first-order valence-corrected chi connectivity index (χ1v) is 7.50. The molecule has 1 N–H and O–H groups in total. The molecule has 0 fully saturated rings. The van der Waals surface area contributed by atoms with Crippen LogP contribution in [0.25, 0.3) is 10.9 Å². The molecule has 4 nitrogen and oxygen atoms in total. The van der Waals surface area contributed by atoms with E-state index in [-0.39, 0.29) is 17.3 Å². The summed E-state index contributed by atoms with van der Waals surface area (Å²) in [6.45, 7) is 0. The zero-order chi connectivity index (χ0) is 12.9. The van der Waals surface area contributed by atoms with E-state index in [1.54, 1.807) is 12.1 Å². The number of hydrogen-bond donors (Lipinski definition) is 1. The predicted molar refractivity (Wildman–Crippen MR) is 76.6 cm³/mol. The van der Waals surface area contributed by atoms with Gasteiger partial charge in [0.1, 0.15) is 0 Å². The second kappa shape index (κ2) is 4.81. The van der Waals surface area contributed by atoms with Crippen molar-refractivity contribution in [2.75, 3.05) is 0 Å². The summed E-state index contributed by atoms with van der Waals surface area (Å²) in [5, 5.41) is 0.960. The maximum atomic E-state index is 11.2. The van der Waals surface area contributed by atoms with Gasteiger partial charge in [-0.1, -0.05) is 0 Å². The van der Waals surface area contributed by atoms with E-state index in [1.807, 2.05) is 7.05 Å². The van der Waals surface area contributed by atoms with Crippen LogP contribution in [0.15, 0.2) is 23.1 Å². The highest BCUT2D eigenvalue weighted by molar-refractivity contribution is 7.85. The topological polar surface area (TPSA) is 59.3 Å². The van der Waals surface area contributed by atoms with E-state index >= 15 is 0 Å². The molecular weight excluding hydrogens is 286 g/mol. The summed E-state index contributed by atoms with van der Waals surface area (Å²) in [6, 6.07) is 4.83. The molecule has 19 heavy (non-hydrogen) atoms. The molecule has 3 rings (SSSR count). The van der Waals surface area contributed by atoms with Gasteiger partial charge in [0.05, 0.1) is 4.90 Å². The first-order valence-electron chi connectivity index (χ1n) is 6.06. The maximum Gasteiger partial charge on any atom is 0.294 e. The van der Waals surface area contributed by atoms with Crippen LogP contribution in [-0.4, -0.2) is 17.5 Å². The molecule has 0 aliphatic heterocycles. The molecule has 2 aromatic rings. The van der Waals surface area contributed by atoms with Crippen LogP contribution >= 0.6 is 12.4 Å². The van der Waals surface area contributed by atoms with Crippen molar-refractivity contribution in [2.24, 2.45) is 7.05 Å². The normalized spacial score (nSPS) is 15.1. The minimum absolute atomic E-state index is 0. The Hall–Kier alpha value is -1.04. The fraction of sp³-hybridized carbons (Fsp3) is 0.385. The van der Waals surface area contributed by atoms with E-state index < -0.39 is 10.1 Å². The molecule has 0 radical (unpaired) electrons. The van der Waals surface area contributed by atoms with E-state index in [0.717, 1.165) is 30.2 Å². The van der Waals surface area contributed by atoms with Crippen LogP contribution in [0.5, 0.6) is 0 Å². The molecule has 0 unspecified atom stereocenters. The van der Waals surface area contributed by atoms with Crippen molar-refractivity contribution < 1.29 is 13.0 Å². The number of benzene rings is 1. The summed E-state index contributed by atoms with van der Waals surface area (Å²) in [7, 11) is -2.11. The predicted octanol–water partition coefficient (Wildman–Crippen LogP) is 2.73. The van der Waals surface area contributed by atoms with Crippen LogP contribution in [-0.2, 0) is 30.0 Å². The summed E-state index contributed by atoms with van der Waals surface area (Å²) in [4.78, 5) is -0.0195. The van der Waals surface area contributed by atoms with Gasteiger partial charge < -0.3 is 4.57 Å². The first kappa shape index (κ1) is 14.4. The number of halogens is 1. The van der Waals surface area contributed by atoms with Gasteiger partial charge in [-0.2, -0.15) is 8.42 Å². The number of aryl methyl sites for hydroxylation is 2. The SMILES string of the molecule is Cl.Cn1c2c(c3cc(S(=O)(=O)O)ccc31)CCCC2. The number of aromatic nitrogens is 1. The van der Waals surface area contributed by atoms with Gasteiger partial charge in [0, 0.05) is 23.6 Å². The molecule has 1 aliphatic rings. The Bertz CT molecular complexity index is 734. The summed E-state index contributed by atoms with van der Waals surface area (Å²) in [5.74, 6) is 0. The van der Waals surface area contributed by atoms with Gasteiger partial charge >= 0.3 is 0 Å². The van der Waals surface area contributed by atoms with Crippen LogP contribution < -0.4 is 0 Å². The van der Waals surface area contributed by atoms with Crippen LogP contribution in [0, 0.1) is 0 Å². The van der Waals surface area contributed by atoms with Gasteiger partial charge in [0.25, 0.3) is 10.1 Å². The van der Waals surface area contributed by atoms with Crippen LogP contribution in [0.2, 0.25) is 0 Å². The lowest BCUT2D eigenvalue weighted by molar-refractivity contribution is 0.483. The standard InChI is InChI=1S/C13H15NO3S.ClH/c1-14-12-5-3-2-4-10(12)11-8-9(18(15,16)17)6-7-13(11)14;/h6-8H,2-5H2,1H3,(H,15,16,17);1H. The molecule has 0 saturated carbocycles. The first-order chi connectivity index (χ1) is 8.48. The number of nitrogens with zero attached hydrogens (tertiary/aromatic N) is 1. The zero-order valence-electron chi connectivity index (χ0n) is 10.6. The molecule has 1 aromatic carbocycles. The van der Waals surface area contributed by atoms with Crippen LogP contribution in [0.3, 0.4) is 0 Å². The van der Waals surface area contributed by atoms with E-state index in [0.29, 0.717) is 0 Å². The lowest BCUT2D eigenvalue weighted by Gasteiger charge is -2.12. The van der Waals surface area contributed by atoms with Crippen LogP contribution in [0.4, 0.5) is 0 Å². The lowest BCUT2D eigenvalue weighted by Crippen LogP contribution is -2.04. The van der Waals surface area contributed by atoms with Crippen molar-refractivity contribution in [3.05, 3.63) is 29.5 Å². The second-order valence-corrected chi connectivity index (χ2v) is 6.27. The van der Waals surface area contributed by atoms with Gasteiger partial charge in [0.15, 0.2) is 0 Å². The Morgan fingerprint density at radius 1 is 1.21 bits per heavy atom. The quantitative estimate of drug-likeness (QED) is 0.824. The molecule has 1 aromatic heterocycles. The summed E-state index contributed by atoms with van der Waals surface area (Å²) >= 11 is 0. The highest BCUT2D eigenvalue weighted by Crippen LogP contribution is 2.32. The fourth-order valence-corrected chi connectivity index (χ4v) is 3.41. The summed E-state index contributed by atoms with van der Waals surface area (Å²) in [6.07, 6.45) is 4.36. The third-order valence-electron chi connectivity index (χ3n) is 3.80. The maximum absolute atomic E-state index is 11.2. The number of hydrogen-bond acceptors (Lipinski definition) is 2. The Morgan fingerprint density at radius 2 is 1.89 bits per heavy atom. The third-order valence-corrected chi connectivity index (χ3v) is 4.65. The van der Waals surface area contributed by atoms with Crippen molar-refractivity contribution in [1.29, 1.82) is 0 Å². The number of fused-ring (bicyclic) bond motifs is 3. The smallest absolute Gasteiger partial charge is 0.294 e. The summed E-state index contributed by atoms with van der Waals surface area (Å²) < 4.78 is 33.7. The van der Waals surface area contributed by atoms with Crippen molar-refractivity contribution in [1.82, 2.24) is 4.57 Å². The highest BCUT2D eigenvalue weighted by Gasteiger charge is 2.20. The average molecular weight is 302 g/mol. The van der Waals surface area contributed by atoms with E-state index in [2.05, 4.69) is 4.57 Å². The van der Waals surface area contributed by atoms with Gasteiger partial charge in [-0.25, -0.2) is 0 Å². The summed E-state index contributed by atoms with van der Waals surface area (Å²) in [5.41, 5.74) is 3.57. The second-order valence-electron chi connectivity index (χ2n) is 4.85. The van der Waals surface area contributed by atoms with Gasteiger partial charge in [-0.3, -0.25) is 4.55 Å². The molecule has 0 bridgehead atoms. The van der Waals surface area contributed by atoms with Crippen LogP contribution in [0.1, 0.15) is 24.1 Å². The van der Waals surface area contributed by atoms with Gasteiger partial charge in [-0.15, -0.1) is 12.4 Å². The minimum Gasteiger partial charge on any atom is -0.347 e. The monoisotopic (exact) mass is 301 g/mol. The van der Waals surface area contributed by atoms with E-state index in [1.165, 1.54) is 23.7 Å². The lowest BCUT2D eigenvalue weighted by atomic mass is 9.96. The third kappa shape index (κ3) is 2.26. The largest absolute Gasteiger partial charge is 0.347 e. The van der Waals surface area contributed by atoms with E-state index in [9.17, 15) is 8.42 Å². The highest BCUT2D eigenvalue weighted by atomic mass is 35.5. The number of rotatable bonds is 1. The zero-order valence-corrected chi connectivity index (χ0v) is 12.2. The molecule has 1 aliphatic carbocycles. The molecule has 0 saturated heterocycles.